The Balaban J connectivity index is 0.000000344. The summed E-state index contributed by atoms with van der Waals surface area (Å²) < 4.78 is 31.7. The lowest BCUT2D eigenvalue weighted by atomic mass is 9.78. The SMILES string of the molecule is Cc1cc2c(N3CCC4(CCNC4)CC3)nc(-c3ccncc3)nc2cn1.O=C(O)C(F)(F)F. The number of carboxylic acid groups (broad SMARTS) is 1. The van der Waals surface area contributed by atoms with Crippen molar-refractivity contribution in [1.82, 2.24) is 25.3 Å². The number of nitrogens with zero attached hydrogens (tertiary/aromatic N) is 5. The summed E-state index contributed by atoms with van der Waals surface area (Å²) in [6.07, 6.45) is 4.10. The van der Waals surface area contributed by atoms with Crippen molar-refractivity contribution in [2.75, 3.05) is 31.1 Å². The molecule has 5 rings (SSSR count). The Morgan fingerprint density at radius 3 is 2.41 bits per heavy atom. The molecule has 0 bridgehead atoms. The van der Waals surface area contributed by atoms with Crippen LogP contribution in [-0.4, -0.2) is 63.4 Å². The van der Waals surface area contributed by atoms with Gasteiger partial charge in [0.25, 0.3) is 0 Å². The predicted molar refractivity (Wildman–Crippen MR) is 120 cm³/mol. The molecule has 3 aromatic heterocycles. The fourth-order valence-corrected chi connectivity index (χ4v) is 4.41. The Morgan fingerprint density at radius 1 is 1.15 bits per heavy atom. The van der Waals surface area contributed by atoms with E-state index in [0.29, 0.717) is 5.41 Å². The van der Waals surface area contributed by atoms with Crippen molar-refractivity contribution in [2.24, 2.45) is 5.41 Å². The third-order valence-corrected chi connectivity index (χ3v) is 6.34. The van der Waals surface area contributed by atoms with E-state index in [0.717, 1.165) is 60.0 Å². The van der Waals surface area contributed by atoms with Crippen molar-refractivity contribution < 1.29 is 23.1 Å². The molecule has 0 aromatic carbocycles. The molecule has 0 aliphatic carbocycles. The van der Waals surface area contributed by atoms with Gasteiger partial charge in [0.05, 0.1) is 11.7 Å². The zero-order valence-corrected chi connectivity index (χ0v) is 18.6. The number of piperidine rings is 1. The lowest BCUT2D eigenvalue weighted by Gasteiger charge is -2.39. The highest BCUT2D eigenvalue weighted by Crippen LogP contribution is 2.39. The zero-order chi connectivity index (χ0) is 24.3. The van der Waals surface area contributed by atoms with Gasteiger partial charge in [0, 0.05) is 48.7 Å². The predicted octanol–water partition coefficient (Wildman–Crippen LogP) is 3.61. The first-order chi connectivity index (χ1) is 16.2. The van der Waals surface area contributed by atoms with Gasteiger partial charge in [0.15, 0.2) is 5.82 Å². The summed E-state index contributed by atoms with van der Waals surface area (Å²) >= 11 is 0. The second-order valence-corrected chi connectivity index (χ2v) is 8.67. The van der Waals surface area contributed by atoms with Gasteiger partial charge in [-0.15, -0.1) is 0 Å². The number of aromatic nitrogens is 4. The number of hydrogen-bond donors (Lipinski definition) is 2. The van der Waals surface area contributed by atoms with Crippen LogP contribution in [0.2, 0.25) is 0 Å². The molecule has 0 atom stereocenters. The summed E-state index contributed by atoms with van der Waals surface area (Å²) in [5.74, 6) is -0.973. The van der Waals surface area contributed by atoms with Gasteiger partial charge >= 0.3 is 12.1 Å². The van der Waals surface area contributed by atoms with E-state index in [-0.39, 0.29) is 0 Å². The minimum Gasteiger partial charge on any atom is -0.475 e. The molecule has 1 spiro atoms. The van der Waals surface area contributed by atoms with Crippen molar-refractivity contribution in [3.05, 3.63) is 42.5 Å². The third kappa shape index (κ3) is 5.24. The average molecular weight is 474 g/mol. The van der Waals surface area contributed by atoms with E-state index >= 15 is 0 Å². The molecule has 2 N–H and O–H groups in total. The zero-order valence-electron chi connectivity index (χ0n) is 18.6. The standard InChI is InChI=1S/C21H24N6.C2HF3O2/c1-15-12-17-18(13-24-15)25-19(16-2-7-22-8-3-16)26-20(17)27-10-5-21(6-11-27)4-9-23-14-21;3-2(4,5)1(6)7/h2-3,7-8,12-13,23H,4-6,9-11,14H2,1H3;(H,6,7). The molecular weight excluding hydrogens is 449 g/mol. The van der Waals surface area contributed by atoms with Crippen molar-refractivity contribution in [3.63, 3.8) is 0 Å². The number of fused-ring (bicyclic) bond motifs is 1. The molecule has 11 heteroatoms. The van der Waals surface area contributed by atoms with Crippen LogP contribution in [0.15, 0.2) is 36.8 Å². The number of halogens is 3. The molecular formula is C23H25F3N6O2. The van der Waals surface area contributed by atoms with Crippen molar-refractivity contribution in [3.8, 4) is 11.4 Å². The number of aliphatic carboxylic acids is 1. The van der Waals surface area contributed by atoms with E-state index < -0.39 is 12.1 Å². The van der Waals surface area contributed by atoms with Crippen LogP contribution in [0.25, 0.3) is 22.3 Å². The smallest absolute Gasteiger partial charge is 0.475 e. The molecule has 2 fully saturated rings. The lowest BCUT2D eigenvalue weighted by Crippen LogP contribution is -2.41. The summed E-state index contributed by atoms with van der Waals surface area (Å²) in [4.78, 5) is 29.7. The fraction of sp³-hybridized carbons (Fsp3) is 0.435. The van der Waals surface area contributed by atoms with E-state index in [2.05, 4.69) is 26.3 Å². The normalized spacial score (nSPS) is 17.5. The topological polar surface area (TPSA) is 104 Å². The van der Waals surface area contributed by atoms with Gasteiger partial charge in [-0.3, -0.25) is 9.97 Å². The van der Waals surface area contributed by atoms with Crippen molar-refractivity contribution in [1.29, 1.82) is 0 Å². The number of alkyl halides is 3. The largest absolute Gasteiger partial charge is 0.490 e. The van der Waals surface area contributed by atoms with Crippen molar-refractivity contribution >= 4 is 22.7 Å². The van der Waals surface area contributed by atoms with Crippen molar-refractivity contribution in [2.45, 2.75) is 32.4 Å². The molecule has 0 unspecified atom stereocenters. The Kier molecular flexibility index (Phi) is 6.65. The molecule has 2 saturated heterocycles. The monoisotopic (exact) mass is 474 g/mol. The highest BCUT2D eigenvalue weighted by atomic mass is 19.4. The maximum absolute atomic E-state index is 10.6. The van der Waals surface area contributed by atoms with Crippen LogP contribution in [0, 0.1) is 12.3 Å². The number of pyridine rings is 2. The summed E-state index contributed by atoms with van der Waals surface area (Å²) in [5, 5.41) is 11.8. The lowest BCUT2D eigenvalue weighted by molar-refractivity contribution is -0.192. The third-order valence-electron chi connectivity index (χ3n) is 6.34. The molecule has 0 amide bonds. The van der Waals surface area contributed by atoms with Gasteiger partial charge < -0.3 is 15.3 Å². The van der Waals surface area contributed by atoms with Gasteiger partial charge in [-0.05, 0) is 56.3 Å². The second-order valence-electron chi connectivity index (χ2n) is 8.67. The van der Waals surface area contributed by atoms with Gasteiger partial charge in [-0.1, -0.05) is 0 Å². The van der Waals surface area contributed by atoms with Crippen LogP contribution >= 0.6 is 0 Å². The minimum absolute atomic E-state index is 0.491. The van der Waals surface area contributed by atoms with Crippen LogP contribution in [0.5, 0.6) is 0 Å². The molecule has 2 aliphatic heterocycles. The van der Waals surface area contributed by atoms with E-state index in [9.17, 15) is 13.2 Å². The molecule has 180 valence electrons. The average Bonchev–Trinajstić information content (AvgIpc) is 3.27. The number of carboxylic acids is 1. The first-order valence-corrected chi connectivity index (χ1v) is 11.0. The molecule has 2 aliphatic rings. The van der Waals surface area contributed by atoms with Crippen LogP contribution < -0.4 is 10.2 Å². The number of anilines is 1. The number of rotatable bonds is 2. The Bertz CT molecular complexity index is 1160. The quantitative estimate of drug-likeness (QED) is 0.581. The molecule has 34 heavy (non-hydrogen) atoms. The van der Waals surface area contributed by atoms with E-state index in [1.807, 2.05) is 25.3 Å². The highest BCUT2D eigenvalue weighted by molar-refractivity contribution is 5.91. The van der Waals surface area contributed by atoms with Crippen LogP contribution in [0.3, 0.4) is 0 Å². The number of hydrogen-bond acceptors (Lipinski definition) is 7. The molecule has 5 heterocycles. The van der Waals surface area contributed by atoms with Gasteiger partial charge in [-0.2, -0.15) is 13.2 Å². The Labute approximate surface area is 194 Å². The summed E-state index contributed by atoms with van der Waals surface area (Å²) in [6.45, 7) is 6.44. The van der Waals surface area contributed by atoms with Gasteiger partial charge in [-0.25, -0.2) is 14.8 Å². The Morgan fingerprint density at radius 2 is 1.82 bits per heavy atom. The molecule has 3 aromatic rings. The Hall–Kier alpha value is -3.34. The molecule has 0 saturated carbocycles. The minimum atomic E-state index is -5.08. The van der Waals surface area contributed by atoms with Gasteiger partial charge in [0.1, 0.15) is 5.82 Å². The van der Waals surface area contributed by atoms with E-state index in [4.69, 9.17) is 19.9 Å². The number of nitrogens with one attached hydrogen (secondary N) is 1. The maximum atomic E-state index is 10.6. The summed E-state index contributed by atoms with van der Waals surface area (Å²) in [5.41, 5.74) is 3.38. The van der Waals surface area contributed by atoms with E-state index in [1.54, 1.807) is 12.4 Å². The fourth-order valence-electron chi connectivity index (χ4n) is 4.41. The molecule has 0 radical (unpaired) electrons. The van der Waals surface area contributed by atoms with Crippen LogP contribution in [0.4, 0.5) is 19.0 Å². The van der Waals surface area contributed by atoms with Crippen LogP contribution in [0.1, 0.15) is 25.0 Å². The van der Waals surface area contributed by atoms with E-state index in [1.165, 1.54) is 19.3 Å². The molecule has 8 nitrogen and oxygen atoms in total. The van der Waals surface area contributed by atoms with Gasteiger partial charge in [0.2, 0.25) is 0 Å². The van der Waals surface area contributed by atoms with Crippen LogP contribution in [-0.2, 0) is 4.79 Å². The first-order valence-electron chi connectivity index (χ1n) is 11.0. The second kappa shape index (κ2) is 9.49. The first kappa shape index (κ1) is 23.8. The maximum Gasteiger partial charge on any atom is 0.490 e. The summed E-state index contributed by atoms with van der Waals surface area (Å²) in [7, 11) is 0. The number of aryl methyl sites for hydroxylation is 1. The summed E-state index contributed by atoms with van der Waals surface area (Å²) in [6, 6.07) is 6.03. The highest BCUT2D eigenvalue weighted by Gasteiger charge is 2.38. The number of carbonyl (C=O) groups is 1.